The highest BCUT2D eigenvalue weighted by atomic mass is 32.2. The Morgan fingerprint density at radius 3 is 2.10 bits per heavy atom. The first kappa shape index (κ1) is 18.3. The molecular formula is C22H15FN4O2S. The molecule has 2 aromatic heterocycles. The molecule has 0 radical (unpaired) electrons. The van der Waals surface area contributed by atoms with Gasteiger partial charge in [-0.05, 0) is 48.5 Å². The molecule has 1 N–H and O–H groups in total. The van der Waals surface area contributed by atoms with Gasteiger partial charge >= 0.3 is 0 Å². The predicted octanol–water partition coefficient (Wildman–Crippen LogP) is 4.51. The van der Waals surface area contributed by atoms with Crippen molar-refractivity contribution in [1.29, 1.82) is 0 Å². The Hall–Kier alpha value is -3.78. The number of para-hydroxylation sites is 2. The molecule has 0 fully saturated rings. The summed E-state index contributed by atoms with van der Waals surface area (Å²) in [5, 5.41) is 0. The van der Waals surface area contributed by atoms with Crippen LogP contribution in [0, 0.1) is 5.82 Å². The zero-order valence-corrected chi connectivity index (χ0v) is 16.3. The van der Waals surface area contributed by atoms with Crippen LogP contribution in [0.4, 0.5) is 10.2 Å². The fourth-order valence-corrected chi connectivity index (χ4v) is 4.36. The minimum Gasteiger partial charge on any atom is -0.278 e. The van der Waals surface area contributed by atoms with Gasteiger partial charge in [-0.3, -0.25) is 9.29 Å². The van der Waals surface area contributed by atoms with Gasteiger partial charge in [0.05, 0.1) is 15.9 Å². The van der Waals surface area contributed by atoms with Crippen molar-refractivity contribution in [3.63, 3.8) is 0 Å². The molecule has 2 heterocycles. The number of hydrogen-bond acceptors (Lipinski definition) is 4. The van der Waals surface area contributed by atoms with Crippen LogP contribution in [0.25, 0.3) is 27.9 Å². The second kappa shape index (κ2) is 6.93. The SMILES string of the molecule is O=S(=O)(Nc1cc2nc3ccccc3nc2n1-c1ccc(F)cc1)c1ccccc1. The van der Waals surface area contributed by atoms with Crippen molar-refractivity contribution in [2.75, 3.05) is 4.72 Å². The fourth-order valence-electron chi connectivity index (χ4n) is 3.30. The maximum absolute atomic E-state index is 13.5. The van der Waals surface area contributed by atoms with Crippen LogP contribution in [0.3, 0.4) is 0 Å². The topological polar surface area (TPSA) is 76.9 Å². The summed E-state index contributed by atoms with van der Waals surface area (Å²) in [7, 11) is -3.85. The molecule has 3 aromatic carbocycles. The maximum Gasteiger partial charge on any atom is 0.263 e. The molecule has 0 bridgehead atoms. The second-order valence-corrected chi connectivity index (χ2v) is 8.36. The molecule has 0 unspecified atom stereocenters. The molecule has 0 saturated carbocycles. The van der Waals surface area contributed by atoms with Gasteiger partial charge in [0.25, 0.3) is 10.0 Å². The molecule has 6 nitrogen and oxygen atoms in total. The summed E-state index contributed by atoms with van der Waals surface area (Å²) < 4.78 is 43.6. The number of fused-ring (bicyclic) bond motifs is 2. The Kier molecular flexibility index (Phi) is 4.22. The number of hydrogen-bond donors (Lipinski definition) is 1. The monoisotopic (exact) mass is 418 g/mol. The number of nitrogens with zero attached hydrogens (tertiary/aromatic N) is 3. The van der Waals surface area contributed by atoms with Gasteiger partial charge in [-0.25, -0.2) is 22.8 Å². The van der Waals surface area contributed by atoms with Crippen LogP contribution in [0.5, 0.6) is 0 Å². The second-order valence-electron chi connectivity index (χ2n) is 6.68. The number of anilines is 1. The van der Waals surface area contributed by atoms with Crippen molar-refractivity contribution >= 4 is 38.0 Å². The van der Waals surface area contributed by atoms with Gasteiger partial charge in [0.2, 0.25) is 0 Å². The largest absolute Gasteiger partial charge is 0.278 e. The first-order valence-electron chi connectivity index (χ1n) is 9.13. The number of rotatable bonds is 4. The minimum absolute atomic E-state index is 0.131. The van der Waals surface area contributed by atoms with Crippen LogP contribution >= 0.6 is 0 Å². The van der Waals surface area contributed by atoms with E-state index in [4.69, 9.17) is 0 Å². The van der Waals surface area contributed by atoms with Gasteiger partial charge in [-0.15, -0.1) is 0 Å². The van der Waals surface area contributed by atoms with Crippen molar-refractivity contribution in [2.24, 2.45) is 0 Å². The summed E-state index contributed by atoms with van der Waals surface area (Å²) in [4.78, 5) is 9.42. The lowest BCUT2D eigenvalue weighted by Crippen LogP contribution is -2.15. The molecular weight excluding hydrogens is 403 g/mol. The van der Waals surface area contributed by atoms with Crippen LogP contribution in [0.2, 0.25) is 0 Å². The van der Waals surface area contributed by atoms with Crippen molar-refractivity contribution in [3.05, 3.63) is 90.7 Å². The quantitative estimate of drug-likeness (QED) is 0.466. The molecule has 0 amide bonds. The van der Waals surface area contributed by atoms with E-state index in [-0.39, 0.29) is 10.7 Å². The Morgan fingerprint density at radius 2 is 1.40 bits per heavy atom. The highest BCUT2D eigenvalue weighted by Crippen LogP contribution is 2.29. The van der Waals surface area contributed by atoms with Gasteiger partial charge in [0.1, 0.15) is 17.2 Å². The first-order valence-corrected chi connectivity index (χ1v) is 10.6. The zero-order chi connectivity index (χ0) is 20.7. The zero-order valence-electron chi connectivity index (χ0n) is 15.5. The smallest absolute Gasteiger partial charge is 0.263 e. The van der Waals surface area contributed by atoms with Gasteiger partial charge in [-0.2, -0.15) is 0 Å². The number of sulfonamides is 1. The number of benzene rings is 3. The van der Waals surface area contributed by atoms with Crippen molar-refractivity contribution in [1.82, 2.24) is 14.5 Å². The number of halogens is 1. The highest BCUT2D eigenvalue weighted by molar-refractivity contribution is 7.92. The predicted molar refractivity (Wildman–Crippen MR) is 114 cm³/mol. The van der Waals surface area contributed by atoms with Gasteiger partial charge < -0.3 is 0 Å². The van der Waals surface area contributed by atoms with E-state index in [1.807, 2.05) is 24.3 Å². The van der Waals surface area contributed by atoms with Crippen LogP contribution in [-0.2, 0) is 10.0 Å². The molecule has 5 rings (SSSR count). The Labute approximate surface area is 171 Å². The Morgan fingerprint density at radius 1 is 0.767 bits per heavy atom. The molecule has 0 aliphatic rings. The van der Waals surface area contributed by atoms with Crippen LogP contribution in [-0.4, -0.2) is 23.0 Å². The van der Waals surface area contributed by atoms with E-state index >= 15 is 0 Å². The summed E-state index contributed by atoms with van der Waals surface area (Å²) in [5.74, 6) is -0.131. The normalized spacial score (nSPS) is 11.8. The van der Waals surface area contributed by atoms with Gasteiger partial charge in [0.15, 0.2) is 5.65 Å². The number of nitrogens with one attached hydrogen (secondary N) is 1. The van der Waals surface area contributed by atoms with Crippen molar-refractivity contribution in [3.8, 4) is 5.69 Å². The molecule has 30 heavy (non-hydrogen) atoms. The lowest BCUT2D eigenvalue weighted by Gasteiger charge is -2.12. The van der Waals surface area contributed by atoms with E-state index in [1.165, 1.54) is 24.3 Å². The average Bonchev–Trinajstić information content (AvgIpc) is 3.09. The van der Waals surface area contributed by atoms with Crippen molar-refractivity contribution in [2.45, 2.75) is 4.90 Å². The standard InChI is InChI=1S/C22H15FN4O2S/c23-15-10-12-16(13-11-15)27-21(26-30(28,29)17-6-2-1-3-7-17)14-20-22(27)25-19-9-5-4-8-18(19)24-20/h1-14,26H. The molecule has 0 spiro atoms. The summed E-state index contributed by atoms with van der Waals surface area (Å²) in [6.45, 7) is 0. The molecule has 148 valence electrons. The summed E-state index contributed by atoms with van der Waals surface area (Å²) in [6, 6.07) is 22.8. The average molecular weight is 418 g/mol. The van der Waals surface area contributed by atoms with Crippen molar-refractivity contribution < 1.29 is 12.8 Å². The molecule has 5 aromatic rings. The number of aromatic nitrogens is 3. The summed E-state index contributed by atoms with van der Waals surface area (Å²) in [5.41, 5.74) is 2.90. The molecule has 0 saturated heterocycles. The van der Waals surface area contributed by atoms with Crippen LogP contribution < -0.4 is 4.72 Å². The summed E-state index contributed by atoms with van der Waals surface area (Å²) >= 11 is 0. The summed E-state index contributed by atoms with van der Waals surface area (Å²) in [6.07, 6.45) is 0. The Bertz CT molecular complexity index is 1480. The highest BCUT2D eigenvalue weighted by Gasteiger charge is 2.20. The van der Waals surface area contributed by atoms with E-state index < -0.39 is 15.8 Å². The lowest BCUT2D eigenvalue weighted by molar-refractivity contribution is 0.601. The van der Waals surface area contributed by atoms with Gasteiger partial charge in [0, 0.05) is 11.8 Å². The third-order valence-corrected chi connectivity index (χ3v) is 6.05. The molecule has 0 atom stereocenters. The van der Waals surface area contributed by atoms with Crippen LogP contribution in [0.15, 0.2) is 89.8 Å². The Balaban J connectivity index is 1.75. The maximum atomic E-state index is 13.5. The first-order chi connectivity index (χ1) is 14.5. The minimum atomic E-state index is -3.85. The lowest BCUT2D eigenvalue weighted by atomic mass is 10.3. The van der Waals surface area contributed by atoms with E-state index in [2.05, 4.69) is 14.7 Å². The van der Waals surface area contributed by atoms with E-state index in [0.29, 0.717) is 27.9 Å². The molecule has 0 aliphatic carbocycles. The van der Waals surface area contributed by atoms with E-state index in [0.717, 1.165) is 0 Å². The third kappa shape index (κ3) is 3.17. The molecule has 0 aliphatic heterocycles. The third-order valence-electron chi connectivity index (χ3n) is 4.68. The molecule has 8 heteroatoms. The van der Waals surface area contributed by atoms with Gasteiger partial charge in [-0.1, -0.05) is 30.3 Å². The van der Waals surface area contributed by atoms with Crippen LogP contribution in [0.1, 0.15) is 0 Å². The fraction of sp³-hybridized carbons (Fsp3) is 0. The van der Waals surface area contributed by atoms with E-state index in [9.17, 15) is 12.8 Å². The van der Waals surface area contributed by atoms with E-state index in [1.54, 1.807) is 41.0 Å².